The summed E-state index contributed by atoms with van der Waals surface area (Å²) < 4.78 is 4.91. The molecule has 1 aromatic rings. The number of methoxy groups -OCH3 is 1. The zero-order chi connectivity index (χ0) is 10.2. The Morgan fingerprint density at radius 1 is 1.36 bits per heavy atom. The molecule has 0 spiro atoms. The van der Waals surface area contributed by atoms with Gasteiger partial charge in [-0.3, -0.25) is 4.79 Å². The van der Waals surface area contributed by atoms with E-state index in [0.29, 0.717) is 19.7 Å². The van der Waals surface area contributed by atoms with Gasteiger partial charge in [0, 0.05) is 20.2 Å². The van der Waals surface area contributed by atoms with E-state index in [9.17, 15) is 4.79 Å². The number of carbonyl (C=O) groups is 1. The number of amides is 1. The third-order valence-electron chi connectivity index (χ3n) is 1.96. The first-order valence-corrected chi connectivity index (χ1v) is 4.59. The molecule has 3 heteroatoms. The van der Waals surface area contributed by atoms with Crippen molar-refractivity contribution >= 4 is 6.41 Å². The zero-order valence-electron chi connectivity index (χ0n) is 8.35. The van der Waals surface area contributed by atoms with Crippen LogP contribution in [0, 0.1) is 0 Å². The van der Waals surface area contributed by atoms with Gasteiger partial charge in [0.15, 0.2) is 0 Å². The van der Waals surface area contributed by atoms with E-state index in [1.165, 1.54) is 0 Å². The standard InChI is InChI=1S/C11H15NO2/c1-14-8-7-12(10-13)9-11-5-3-2-4-6-11/h2-6,10H,7-9H2,1H3. The monoisotopic (exact) mass is 193 g/mol. The summed E-state index contributed by atoms with van der Waals surface area (Å²) >= 11 is 0. The van der Waals surface area contributed by atoms with Crippen molar-refractivity contribution in [2.24, 2.45) is 0 Å². The second-order valence-electron chi connectivity index (χ2n) is 3.05. The van der Waals surface area contributed by atoms with Crippen molar-refractivity contribution in [1.82, 2.24) is 4.90 Å². The van der Waals surface area contributed by atoms with Gasteiger partial charge in [-0.15, -0.1) is 0 Å². The molecule has 3 nitrogen and oxygen atoms in total. The molecule has 0 saturated carbocycles. The molecule has 0 saturated heterocycles. The Balaban J connectivity index is 2.44. The smallest absolute Gasteiger partial charge is 0.210 e. The first-order chi connectivity index (χ1) is 6.86. The van der Waals surface area contributed by atoms with Crippen LogP contribution < -0.4 is 0 Å². The molecule has 0 aromatic heterocycles. The van der Waals surface area contributed by atoms with Crippen LogP contribution >= 0.6 is 0 Å². The summed E-state index contributed by atoms with van der Waals surface area (Å²) in [7, 11) is 1.63. The lowest BCUT2D eigenvalue weighted by Gasteiger charge is -2.16. The van der Waals surface area contributed by atoms with E-state index in [1.54, 1.807) is 12.0 Å². The third kappa shape index (κ3) is 3.58. The van der Waals surface area contributed by atoms with Crippen LogP contribution in [0.4, 0.5) is 0 Å². The largest absolute Gasteiger partial charge is 0.383 e. The predicted octanol–water partition coefficient (Wildman–Crippen LogP) is 1.29. The van der Waals surface area contributed by atoms with Crippen LogP contribution in [0.15, 0.2) is 30.3 Å². The number of nitrogens with zero attached hydrogens (tertiary/aromatic N) is 1. The predicted molar refractivity (Wildman–Crippen MR) is 54.8 cm³/mol. The van der Waals surface area contributed by atoms with E-state index < -0.39 is 0 Å². The summed E-state index contributed by atoms with van der Waals surface area (Å²) in [5.41, 5.74) is 1.13. The summed E-state index contributed by atoms with van der Waals surface area (Å²) in [6.45, 7) is 1.86. The van der Waals surface area contributed by atoms with Gasteiger partial charge in [0.2, 0.25) is 6.41 Å². The molecule has 0 aliphatic heterocycles. The Hall–Kier alpha value is -1.35. The molecule has 0 heterocycles. The molecule has 0 fully saturated rings. The fourth-order valence-electron chi connectivity index (χ4n) is 1.20. The van der Waals surface area contributed by atoms with Crippen molar-refractivity contribution in [3.8, 4) is 0 Å². The van der Waals surface area contributed by atoms with E-state index in [0.717, 1.165) is 12.0 Å². The van der Waals surface area contributed by atoms with E-state index in [1.807, 2.05) is 30.3 Å². The Morgan fingerprint density at radius 3 is 2.64 bits per heavy atom. The topological polar surface area (TPSA) is 29.5 Å². The van der Waals surface area contributed by atoms with Crippen molar-refractivity contribution in [1.29, 1.82) is 0 Å². The summed E-state index contributed by atoms with van der Waals surface area (Å²) in [4.78, 5) is 12.4. The molecule has 14 heavy (non-hydrogen) atoms. The second-order valence-corrected chi connectivity index (χ2v) is 3.05. The number of carbonyl (C=O) groups excluding carboxylic acids is 1. The van der Waals surface area contributed by atoms with Crippen LogP contribution in [0.2, 0.25) is 0 Å². The molecule has 0 atom stereocenters. The lowest BCUT2D eigenvalue weighted by Crippen LogP contribution is -2.25. The molecule has 0 aliphatic rings. The minimum atomic E-state index is 0.575. The Kier molecular flexibility index (Phi) is 4.72. The first kappa shape index (κ1) is 10.7. The number of hydrogen-bond acceptors (Lipinski definition) is 2. The van der Waals surface area contributed by atoms with Crippen LogP contribution in [-0.2, 0) is 16.1 Å². The van der Waals surface area contributed by atoms with Gasteiger partial charge < -0.3 is 9.64 Å². The van der Waals surface area contributed by atoms with Crippen molar-refractivity contribution < 1.29 is 9.53 Å². The Bertz CT molecular complexity index is 261. The van der Waals surface area contributed by atoms with Gasteiger partial charge in [0.25, 0.3) is 0 Å². The lowest BCUT2D eigenvalue weighted by molar-refractivity contribution is -0.119. The van der Waals surface area contributed by atoms with Crippen LogP contribution in [0.3, 0.4) is 0 Å². The fraction of sp³-hybridized carbons (Fsp3) is 0.364. The number of benzene rings is 1. The first-order valence-electron chi connectivity index (χ1n) is 4.59. The second kappa shape index (κ2) is 6.16. The van der Waals surface area contributed by atoms with Gasteiger partial charge in [0.05, 0.1) is 6.61 Å². The van der Waals surface area contributed by atoms with Crippen LogP contribution in [0.1, 0.15) is 5.56 Å². The maximum Gasteiger partial charge on any atom is 0.210 e. The molecule has 76 valence electrons. The Labute approximate surface area is 84.3 Å². The lowest BCUT2D eigenvalue weighted by atomic mass is 10.2. The van der Waals surface area contributed by atoms with Crippen molar-refractivity contribution in [2.75, 3.05) is 20.3 Å². The molecular formula is C11H15NO2. The van der Waals surface area contributed by atoms with Gasteiger partial charge in [-0.1, -0.05) is 30.3 Å². The maximum atomic E-state index is 10.7. The van der Waals surface area contributed by atoms with Gasteiger partial charge in [-0.2, -0.15) is 0 Å². The van der Waals surface area contributed by atoms with Crippen molar-refractivity contribution in [3.63, 3.8) is 0 Å². The van der Waals surface area contributed by atoms with Gasteiger partial charge in [0.1, 0.15) is 0 Å². The molecule has 0 radical (unpaired) electrons. The van der Waals surface area contributed by atoms with E-state index in [4.69, 9.17) is 4.74 Å². The summed E-state index contributed by atoms with van der Waals surface area (Å²) in [6, 6.07) is 9.90. The number of rotatable bonds is 6. The molecule has 0 N–H and O–H groups in total. The highest BCUT2D eigenvalue weighted by atomic mass is 16.5. The van der Waals surface area contributed by atoms with Gasteiger partial charge >= 0.3 is 0 Å². The molecule has 0 aliphatic carbocycles. The average Bonchev–Trinajstić information content (AvgIpc) is 2.25. The summed E-state index contributed by atoms with van der Waals surface area (Å²) in [5.74, 6) is 0. The SMILES string of the molecule is COCCN(C=O)Cc1ccccc1. The van der Waals surface area contributed by atoms with Gasteiger partial charge in [-0.25, -0.2) is 0 Å². The van der Waals surface area contributed by atoms with Crippen LogP contribution in [-0.4, -0.2) is 31.6 Å². The highest BCUT2D eigenvalue weighted by Crippen LogP contribution is 2.01. The highest BCUT2D eigenvalue weighted by molar-refractivity contribution is 5.47. The van der Waals surface area contributed by atoms with Gasteiger partial charge in [-0.05, 0) is 5.56 Å². The van der Waals surface area contributed by atoms with E-state index in [-0.39, 0.29) is 0 Å². The normalized spacial score (nSPS) is 9.79. The minimum absolute atomic E-state index is 0.575. The number of hydrogen-bond donors (Lipinski definition) is 0. The molecule has 1 aromatic carbocycles. The highest BCUT2D eigenvalue weighted by Gasteiger charge is 2.01. The van der Waals surface area contributed by atoms with Crippen LogP contribution in [0.5, 0.6) is 0 Å². The van der Waals surface area contributed by atoms with Crippen molar-refractivity contribution in [2.45, 2.75) is 6.54 Å². The maximum absolute atomic E-state index is 10.7. The minimum Gasteiger partial charge on any atom is -0.383 e. The zero-order valence-corrected chi connectivity index (χ0v) is 8.35. The molecule has 1 amide bonds. The molecular weight excluding hydrogens is 178 g/mol. The Morgan fingerprint density at radius 2 is 2.07 bits per heavy atom. The van der Waals surface area contributed by atoms with E-state index in [2.05, 4.69) is 0 Å². The molecule has 1 rings (SSSR count). The van der Waals surface area contributed by atoms with E-state index >= 15 is 0 Å². The summed E-state index contributed by atoms with van der Waals surface area (Å²) in [5, 5.41) is 0. The quantitative estimate of drug-likeness (QED) is 0.637. The molecule has 0 bridgehead atoms. The third-order valence-corrected chi connectivity index (χ3v) is 1.96. The fourth-order valence-corrected chi connectivity index (χ4v) is 1.20. The summed E-state index contributed by atoms with van der Waals surface area (Å²) in [6.07, 6.45) is 0.853. The average molecular weight is 193 g/mol. The number of ether oxygens (including phenoxy) is 1. The molecule has 0 unspecified atom stereocenters. The van der Waals surface area contributed by atoms with Crippen molar-refractivity contribution in [3.05, 3.63) is 35.9 Å². The van der Waals surface area contributed by atoms with Crippen LogP contribution in [0.25, 0.3) is 0 Å².